The lowest BCUT2D eigenvalue weighted by atomic mass is 10.2. The van der Waals surface area contributed by atoms with Crippen LogP contribution in [0.15, 0.2) is 72.9 Å². The third-order valence-electron chi connectivity index (χ3n) is 3.20. The summed E-state index contributed by atoms with van der Waals surface area (Å²) in [6.45, 7) is 2.11. The Morgan fingerprint density at radius 3 is 2.12 bits per heavy atom. The van der Waals surface area contributed by atoms with Crippen molar-refractivity contribution in [2.24, 2.45) is 0 Å². The zero-order chi connectivity index (χ0) is 18.6. The van der Waals surface area contributed by atoms with Crippen molar-refractivity contribution in [2.75, 3.05) is 0 Å². The Balaban J connectivity index is 3.71. The molecule has 0 heterocycles. The summed E-state index contributed by atoms with van der Waals surface area (Å²) < 4.78 is 0. The fraction of sp³-hybridized carbons (Fsp3) is 0.409. The summed E-state index contributed by atoms with van der Waals surface area (Å²) in [5, 5.41) is 18.3. The average molecular weight is 344 g/mol. The number of carbonyl (C=O) groups is 1. The van der Waals surface area contributed by atoms with Crippen LogP contribution in [0.25, 0.3) is 0 Å². The van der Waals surface area contributed by atoms with E-state index in [1.165, 1.54) is 0 Å². The van der Waals surface area contributed by atoms with Crippen molar-refractivity contribution in [2.45, 2.75) is 58.0 Å². The minimum absolute atomic E-state index is 0.187. The highest BCUT2D eigenvalue weighted by molar-refractivity contribution is 5.66. The third kappa shape index (κ3) is 19.8. The summed E-state index contributed by atoms with van der Waals surface area (Å²) in [5.41, 5.74) is 0. The van der Waals surface area contributed by atoms with E-state index in [4.69, 9.17) is 5.11 Å². The maximum atomic E-state index is 10.3. The van der Waals surface area contributed by atoms with Crippen LogP contribution >= 0.6 is 0 Å². The van der Waals surface area contributed by atoms with Crippen LogP contribution in [0.3, 0.4) is 0 Å². The van der Waals surface area contributed by atoms with Gasteiger partial charge in [-0.05, 0) is 38.5 Å². The van der Waals surface area contributed by atoms with Crippen molar-refractivity contribution in [1.82, 2.24) is 0 Å². The first-order valence-electron chi connectivity index (χ1n) is 9.00. The fourth-order valence-electron chi connectivity index (χ4n) is 1.87. The predicted octanol–water partition coefficient (Wildman–Crippen LogP) is 5.52. The van der Waals surface area contributed by atoms with Crippen molar-refractivity contribution in [3.05, 3.63) is 72.9 Å². The molecule has 0 saturated heterocycles. The summed E-state index contributed by atoms with van der Waals surface area (Å²) >= 11 is 0. The van der Waals surface area contributed by atoms with Gasteiger partial charge in [0.2, 0.25) is 0 Å². The second-order valence-electron chi connectivity index (χ2n) is 5.55. The van der Waals surface area contributed by atoms with Crippen molar-refractivity contribution in [3.63, 3.8) is 0 Å². The molecule has 0 aliphatic carbocycles. The van der Waals surface area contributed by atoms with Gasteiger partial charge in [-0.15, -0.1) is 0 Å². The third-order valence-corrected chi connectivity index (χ3v) is 3.20. The van der Waals surface area contributed by atoms with Gasteiger partial charge in [0.05, 0.1) is 6.10 Å². The first kappa shape index (κ1) is 22.9. The fourth-order valence-corrected chi connectivity index (χ4v) is 1.87. The molecular formula is C22H32O3. The van der Waals surface area contributed by atoms with E-state index in [2.05, 4.69) is 37.3 Å². The number of allylic oxidation sites excluding steroid dienone is 10. The van der Waals surface area contributed by atoms with Gasteiger partial charge in [-0.2, -0.15) is 0 Å². The number of hydrogen-bond acceptors (Lipinski definition) is 2. The molecule has 3 nitrogen and oxygen atoms in total. The molecule has 25 heavy (non-hydrogen) atoms. The van der Waals surface area contributed by atoms with Crippen LogP contribution < -0.4 is 0 Å². The number of hydrogen-bond donors (Lipinski definition) is 2. The zero-order valence-electron chi connectivity index (χ0n) is 15.3. The lowest BCUT2D eigenvalue weighted by molar-refractivity contribution is -0.136. The van der Waals surface area contributed by atoms with Crippen molar-refractivity contribution in [3.8, 4) is 0 Å². The van der Waals surface area contributed by atoms with Crippen molar-refractivity contribution >= 4 is 5.97 Å². The molecule has 0 fully saturated rings. The van der Waals surface area contributed by atoms with E-state index in [0.717, 1.165) is 25.7 Å². The monoisotopic (exact) mass is 344 g/mol. The van der Waals surface area contributed by atoms with E-state index >= 15 is 0 Å². The Morgan fingerprint density at radius 2 is 1.44 bits per heavy atom. The molecule has 0 aromatic rings. The minimum Gasteiger partial charge on any atom is -0.481 e. The Hall–Kier alpha value is -2.13. The van der Waals surface area contributed by atoms with Crippen LogP contribution in [0.4, 0.5) is 0 Å². The Kier molecular flexibility index (Phi) is 16.7. The van der Waals surface area contributed by atoms with Crippen LogP contribution in [-0.2, 0) is 4.79 Å². The summed E-state index contributed by atoms with van der Waals surface area (Å²) in [7, 11) is 0. The lowest BCUT2D eigenvalue weighted by Gasteiger charge is -1.98. The summed E-state index contributed by atoms with van der Waals surface area (Å²) in [4.78, 5) is 10.3. The molecule has 0 aromatic heterocycles. The van der Waals surface area contributed by atoms with E-state index in [-0.39, 0.29) is 6.42 Å². The molecule has 0 amide bonds. The Labute approximate surface area is 152 Å². The zero-order valence-corrected chi connectivity index (χ0v) is 15.3. The van der Waals surface area contributed by atoms with Crippen LogP contribution in [-0.4, -0.2) is 22.3 Å². The van der Waals surface area contributed by atoms with Gasteiger partial charge < -0.3 is 10.2 Å². The Morgan fingerprint density at radius 1 is 0.840 bits per heavy atom. The molecule has 0 aromatic carbocycles. The Bertz CT molecular complexity index is 493. The molecule has 0 aliphatic heterocycles. The summed E-state index contributed by atoms with van der Waals surface area (Å²) in [6, 6.07) is 0. The molecule has 138 valence electrons. The van der Waals surface area contributed by atoms with E-state index in [1.807, 2.05) is 36.5 Å². The van der Waals surface area contributed by atoms with E-state index in [1.54, 1.807) is 6.08 Å². The molecule has 2 N–H and O–H groups in total. The second kappa shape index (κ2) is 18.2. The number of carboxylic acid groups (broad SMARTS) is 1. The van der Waals surface area contributed by atoms with Gasteiger partial charge in [0, 0.05) is 6.42 Å². The highest BCUT2D eigenvalue weighted by Crippen LogP contribution is 1.99. The highest BCUT2D eigenvalue weighted by atomic mass is 16.4. The SMILES string of the molecule is CC/C=C\C/C=C\C[C@@H](O)/C=C/C=C\C/C=C\C/C=C\CCC(=O)O. The first-order chi connectivity index (χ1) is 12.2. The quantitative estimate of drug-likeness (QED) is 0.322. The molecule has 3 heteroatoms. The number of rotatable bonds is 14. The van der Waals surface area contributed by atoms with Gasteiger partial charge in [0.15, 0.2) is 0 Å². The topological polar surface area (TPSA) is 57.5 Å². The maximum Gasteiger partial charge on any atom is 0.303 e. The first-order valence-corrected chi connectivity index (χ1v) is 9.00. The number of aliphatic carboxylic acids is 1. The largest absolute Gasteiger partial charge is 0.481 e. The van der Waals surface area contributed by atoms with Crippen molar-refractivity contribution in [1.29, 1.82) is 0 Å². The van der Waals surface area contributed by atoms with Gasteiger partial charge in [-0.3, -0.25) is 4.79 Å². The van der Waals surface area contributed by atoms with Crippen molar-refractivity contribution < 1.29 is 15.0 Å². The van der Waals surface area contributed by atoms with Gasteiger partial charge in [0.1, 0.15) is 0 Å². The highest BCUT2D eigenvalue weighted by Gasteiger charge is 1.92. The number of aliphatic hydroxyl groups is 1. The van der Waals surface area contributed by atoms with Gasteiger partial charge in [-0.25, -0.2) is 0 Å². The van der Waals surface area contributed by atoms with Gasteiger partial charge in [0.25, 0.3) is 0 Å². The van der Waals surface area contributed by atoms with Crippen LogP contribution in [0, 0.1) is 0 Å². The van der Waals surface area contributed by atoms with E-state index in [0.29, 0.717) is 12.8 Å². The van der Waals surface area contributed by atoms with Crippen LogP contribution in [0.1, 0.15) is 51.9 Å². The molecule has 0 spiro atoms. The van der Waals surface area contributed by atoms with E-state index < -0.39 is 12.1 Å². The summed E-state index contributed by atoms with van der Waals surface area (Å²) in [6.07, 6.45) is 28.6. The average Bonchev–Trinajstić information content (AvgIpc) is 2.58. The predicted molar refractivity (Wildman–Crippen MR) is 106 cm³/mol. The van der Waals surface area contributed by atoms with Crippen LogP contribution in [0.2, 0.25) is 0 Å². The minimum atomic E-state index is -0.761. The molecular weight excluding hydrogens is 312 g/mol. The molecule has 0 rings (SSSR count). The summed E-state index contributed by atoms with van der Waals surface area (Å²) in [5.74, 6) is -0.761. The second-order valence-corrected chi connectivity index (χ2v) is 5.55. The normalized spacial score (nSPS) is 14.3. The molecule has 0 aliphatic rings. The number of carboxylic acids is 1. The van der Waals surface area contributed by atoms with Gasteiger partial charge in [-0.1, -0.05) is 79.8 Å². The standard InChI is InChI=1S/C22H32O3/c1-2-3-4-5-12-15-18-21(23)19-16-13-10-8-6-7-9-11-14-17-20-22(24)25/h3-4,6-7,10-16,19,21,23H,2,5,8-9,17-18,20H2,1H3,(H,24,25)/b4-3-,7-6-,13-10-,14-11-,15-12-,19-16+/t21-/m1/s1. The molecule has 1 atom stereocenters. The number of aliphatic hydroxyl groups excluding tert-OH is 1. The molecule has 0 saturated carbocycles. The molecule has 0 unspecified atom stereocenters. The van der Waals surface area contributed by atoms with Crippen LogP contribution in [0.5, 0.6) is 0 Å². The van der Waals surface area contributed by atoms with Gasteiger partial charge >= 0.3 is 5.97 Å². The smallest absolute Gasteiger partial charge is 0.303 e. The lowest BCUT2D eigenvalue weighted by Crippen LogP contribution is -1.98. The molecule has 0 radical (unpaired) electrons. The van der Waals surface area contributed by atoms with E-state index in [9.17, 15) is 9.90 Å². The molecule has 0 bridgehead atoms. The maximum absolute atomic E-state index is 10.3.